The third-order valence-corrected chi connectivity index (χ3v) is 5.81. The smallest absolute Gasteiger partial charge is 0.293 e. The van der Waals surface area contributed by atoms with Crippen LogP contribution in [0.5, 0.6) is 0 Å². The summed E-state index contributed by atoms with van der Waals surface area (Å²) >= 11 is 0.950. The first-order valence-electron chi connectivity index (χ1n) is 9.30. The van der Waals surface area contributed by atoms with Gasteiger partial charge in [-0.15, -0.1) is 0 Å². The number of imide groups is 1. The average Bonchev–Trinajstić information content (AvgIpc) is 3.34. The minimum atomic E-state index is -0.281. The van der Waals surface area contributed by atoms with Gasteiger partial charge < -0.3 is 4.90 Å². The zero-order valence-corrected chi connectivity index (χ0v) is 16.2. The molecule has 0 saturated carbocycles. The van der Waals surface area contributed by atoms with Gasteiger partial charge in [0.1, 0.15) is 0 Å². The van der Waals surface area contributed by atoms with Gasteiger partial charge in [0.15, 0.2) is 0 Å². The first-order valence-corrected chi connectivity index (χ1v) is 10.1. The fourth-order valence-electron chi connectivity index (χ4n) is 3.38. The monoisotopic (exact) mass is 392 g/mol. The van der Waals surface area contributed by atoms with Crippen LogP contribution in [0.3, 0.4) is 0 Å². The van der Waals surface area contributed by atoms with E-state index in [9.17, 15) is 14.4 Å². The highest BCUT2D eigenvalue weighted by Gasteiger charge is 2.34. The molecule has 2 aliphatic rings. The first-order chi connectivity index (χ1) is 13.6. The van der Waals surface area contributed by atoms with Crippen LogP contribution in [0, 0.1) is 0 Å². The maximum absolute atomic E-state index is 12.6. The van der Waals surface area contributed by atoms with Crippen molar-refractivity contribution < 1.29 is 14.4 Å². The number of nitrogens with zero attached hydrogens (tertiary/aromatic N) is 2. The quantitative estimate of drug-likeness (QED) is 0.733. The minimum Gasteiger partial charge on any atom is -0.339 e. The summed E-state index contributed by atoms with van der Waals surface area (Å²) in [6, 6.07) is 16.6. The molecule has 6 heteroatoms. The van der Waals surface area contributed by atoms with Crippen molar-refractivity contribution in [2.24, 2.45) is 0 Å². The van der Waals surface area contributed by atoms with Gasteiger partial charge in [0.25, 0.3) is 17.1 Å². The zero-order chi connectivity index (χ0) is 19.5. The fraction of sp³-hybridized carbons (Fsp3) is 0.227. The summed E-state index contributed by atoms with van der Waals surface area (Å²) in [4.78, 5) is 40.8. The number of benzene rings is 2. The lowest BCUT2D eigenvalue weighted by atomic mass is 10.1. The van der Waals surface area contributed by atoms with Crippen molar-refractivity contribution in [1.82, 2.24) is 9.80 Å². The number of carbonyl (C=O) groups is 3. The number of amides is 3. The molecule has 2 heterocycles. The second kappa shape index (κ2) is 8.02. The topological polar surface area (TPSA) is 57.7 Å². The first kappa shape index (κ1) is 18.5. The molecule has 0 radical (unpaired) electrons. The van der Waals surface area contributed by atoms with Crippen LogP contribution >= 0.6 is 11.8 Å². The van der Waals surface area contributed by atoms with E-state index in [4.69, 9.17) is 0 Å². The van der Waals surface area contributed by atoms with E-state index < -0.39 is 0 Å². The highest BCUT2D eigenvalue weighted by Crippen LogP contribution is 2.33. The van der Waals surface area contributed by atoms with Crippen molar-refractivity contribution in [3.8, 4) is 0 Å². The molecule has 0 N–H and O–H groups in total. The Morgan fingerprint density at radius 3 is 2.32 bits per heavy atom. The van der Waals surface area contributed by atoms with Crippen molar-refractivity contribution >= 4 is 34.9 Å². The van der Waals surface area contributed by atoms with Gasteiger partial charge >= 0.3 is 0 Å². The normalized spacial score (nSPS) is 18.4. The van der Waals surface area contributed by atoms with Crippen molar-refractivity contribution in [2.75, 3.05) is 13.1 Å². The Morgan fingerprint density at radius 1 is 0.964 bits per heavy atom. The second-order valence-electron chi connectivity index (χ2n) is 6.87. The van der Waals surface area contributed by atoms with Crippen LogP contribution in [0.15, 0.2) is 59.5 Å². The molecule has 2 aliphatic heterocycles. The molecule has 2 fully saturated rings. The molecule has 5 nitrogen and oxygen atoms in total. The summed E-state index contributed by atoms with van der Waals surface area (Å²) in [5, 5.41) is -0.263. The van der Waals surface area contributed by atoms with E-state index in [2.05, 4.69) is 0 Å². The third-order valence-electron chi connectivity index (χ3n) is 4.91. The number of rotatable bonds is 4. The SMILES string of the molecule is O=C(c1ccc(C=C2SC(=O)N(Cc3ccccc3)C2=O)cc1)N1CCCC1. The Labute approximate surface area is 168 Å². The van der Waals surface area contributed by atoms with Gasteiger partial charge in [0.2, 0.25) is 0 Å². The molecule has 0 aromatic heterocycles. The van der Waals surface area contributed by atoms with Gasteiger partial charge in [-0.05, 0) is 53.9 Å². The predicted octanol–water partition coefficient (Wildman–Crippen LogP) is 4.16. The molecular weight excluding hydrogens is 372 g/mol. The molecule has 2 saturated heterocycles. The van der Waals surface area contributed by atoms with Crippen molar-refractivity contribution in [2.45, 2.75) is 19.4 Å². The van der Waals surface area contributed by atoms with Crippen molar-refractivity contribution in [3.63, 3.8) is 0 Å². The van der Waals surface area contributed by atoms with Crippen LogP contribution in [0.1, 0.15) is 34.3 Å². The average molecular weight is 392 g/mol. The van der Waals surface area contributed by atoms with Gasteiger partial charge in [-0.1, -0.05) is 42.5 Å². The van der Waals surface area contributed by atoms with Crippen LogP contribution in [-0.2, 0) is 11.3 Å². The Morgan fingerprint density at radius 2 is 1.64 bits per heavy atom. The Bertz CT molecular complexity index is 932. The zero-order valence-electron chi connectivity index (χ0n) is 15.3. The Balaban J connectivity index is 1.47. The van der Waals surface area contributed by atoms with Gasteiger partial charge in [-0.25, -0.2) is 0 Å². The summed E-state index contributed by atoms with van der Waals surface area (Å²) in [6.45, 7) is 1.90. The molecule has 3 amide bonds. The van der Waals surface area contributed by atoms with Gasteiger partial charge in [0, 0.05) is 18.7 Å². The van der Waals surface area contributed by atoms with Gasteiger partial charge in [0.05, 0.1) is 11.4 Å². The maximum Gasteiger partial charge on any atom is 0.293 e. The molecule has 2 aromatic rings. The van der Waals surface area contributed by atoms with E-state index in [1.54, 1.807) is 18.2 Å². The molecule has 4 rings (SSSR count). The molecule has 0 bridgehead atoms. The predicted molar refractivity (Wildman–Crippen MR) is 110 cm³/mol. The molecule has 0 spiro atoms. The van der Waals surface area contributed by atoms with Crippen LogP contribution in [-0.4, -0.2) is 39.9 Å². The van der Waals surface area contributed by atoms with Gasteiger partial charge in [-0.2, -0.15) is 0 Å². The molecule has 0 atom stereocenters. The van der Waals surface area contributed by atoms with E-state index in [1.165, 1.54) is 4.90 Å². The van der Waals surface area contributed by atoms with E-state index in [1.807, 2.05) is 47.4 Å². The summed E-state index contributed by atoms with van der Waals surface area (Å²) in [5.41, 5.74) is 2.36. The Hall–Kier alpha value is -2.86. The summed E-state index contributed by atoms with van der Waals surface area (Å²) in [7, 11) is 0. The van der Waals surface area contributed by atoms with Crippen LogP contribution in [0.4, 0.5) is 4.79 Å². The van der Waals surface area contributed by atoms with E-state index in [0.29, 0.717) is 10.5 Å². The van der Waals surface area contributed by atoms with Gasteiger partial charge in [-0.3, -0.25) is 19.3 Å². The number of hydrogen-bond acceptors (Lipinski definition) is 4. The lowest BCUT2D eigenvalue weighted by Gasteiger charge is -2.15. The summed E-state index contributed by atoms with van der Waals surface area (Å²) < 4.78 is 0. The fourth-order valence-corrected chi connectivity index (χ4v) is 4.22. The molecule has 142 valence electrons. The summed E-state index contributed by atoms with van der Waals surface area (Å²) in [6.07, 6.45) is 3.82. The van der Waals surface area contributed by atoms with Crippen molar-refractivity contribution in [3.05, 3.63) is 76.2 Å². The molecule has 0 aliphatic carbocycles. The molecule has 28 heavy (non-hydrogen) atoms. The van der Waals surface area contributed by atoms with Crippen LogP contribution < -0.4 is 0 Å². The van der Waals surface area contributed by atoms with Crippen LogP contribution in [0.2, 0.25) is 0 Å². The van der Waals surface area contributed by atoms with E-state index in [-0.39, 0.29) is 23.6 Å². The Kier molecular flexibility index (Phi) is 5.30. The lowest BCUT2D eigenvalue weighted by Crippen LogP contribution is -2.27. The van der Waals surface area contributed by atoms with Crippen molar-refractivity contribution in [1.29, 1.82) is 0 Å². The van der Waals surface area contributed by atoms with E-state index in [0.717, 1.165) is 48.8 Å². The molecular formula is C22H20N2O3S. The number of likely N-dealkylation sites (tertiary alicyclic amines) is 1. The maximum atomic E-state index is 12.6. The summed E-state index contributed by atoms with van der Waals surface area (Å²) in [5.74, 6) is -0.233. The second-order valence-corrected chi connectivity index (χ2v) is 7.87. The highest BCUT2D eigenvalue weighted by atomic mass is 32.2. The largest absolute Gasteiger partial charge is 0.339 e. The molecule has 0 unspecified atom stereocenters. The van der Waals surface area contributed by atoms with E-state index >= 15 is 0 Å². The third kappa shape index (κ3) is 3.87. The highest BCUT2D eigenvalue weighted by molar-refractivity contribution is 8.18. The lowest BCUT2D eigenvalue weighted by molar-refractivity contribution is -0.123. The molecule has 2 aromatic carbocycles. The van der Waals surface area contributed by atoms with Crippen LogP contribution in [0.25, 0.3) is 6.08 Å². The standard InChI is InChI=1S/C22H20N2O3S/c25-20(23-12-4-5-13-23)18-10-8-16(9-11-18)14-19-21(26)24(22(27)28-19)15-17-6-2-1-3-7-17/h1-3,6-11,14H,4-5,12-13,15H2. The number of carbonyl (C=O) groups excluding carboxylic acids is 3. The number of thioether (sulfide) groups is 1. The number of hydrogen-bond donors (Lipinski definition) is 0. The minimum absolute atomic E-state index is 0.0484.